The van der Waals surface area contributed by atoms with Gasteiger partial charge < -0.3 is 19.8 Å². The molecule has 0 atom stereocenters. The molecule has 1 aromatic carbocycles. The van der Waals surface area contributed by atoms with Crippen LogP contribution in [0.25, 0.3) is 11.5 Å². The van der Waals surface area contributed by atoms with E-state index in [0.717, 1.165) is 22.7 Å². The number of hydrogen-bond acceptors (Lipinski definition) is 7. The first-order chi connectivity index (χ1) is 14.2. The molecule has 0 aliphatic heterocycles. The SMILES string of the molecule is COc1ccc(CNc2ncc(-c3cccc(Nc4cc(C)ccn4)n3)o2)cc1. The van der Waals surface area contributed by atoms with Gasteiger partial charge in [0.2, 0.25) is 0 Å². The van der Waals surface area contributed by atoms with Crippen LogP contribution in [0.4, 0.5) is 17.7 Å². The van der Waals surface area contributed by atoms with Crippen LogP contribution in [0, 0.1) is 6.92 Å². The second-order valence-corrected chi connectivity index (χ2v) is 6.48. The maximum Gasteiger partial charge on any atom is 0.295 e. The van der Waals surface area contributed by atoms with E-state index in [-0.39, 0.29) is 0 Å². The summed E-state index contributed by atoms with van der Waals surface area (Å²) in [4.78, 5) is 13.2. The average Bonchev–Trinajstić information content (AvgIpc) is 3.22. The Labute approximate surface area is 168 Å². The number of benzene rings is 1. The van der Waals surface area contributed by atoms with E-state index in [1.165, 1.54) is 0 Å². The number of methoxy groups -OCH3 is 1. The van der Waals surface area contributed by atoms with Crippen molar-refractivity contribution in [3.05, 3.63) is 78.1 Å². The number of rotatable bonds is 7. The number of nitrogens with zero attached hydrogens (tertiary/aromatic N) is 3. The maximum atomic E-state index is 5.81. The summed E-state index contributed by atoms with van der Waals surface area (Å²) >= 11 is 0. The predicted octanol–water partition coefficient (Wildman–Crippen LogP) is 4.80. The molecule has 4 aromatic rings. The number of anilines is 3. The van der Waals surface area contributed by atoms with Crippen LogP contribution in [0.1, 0.15) is 11.1 Å². The van der Waals surface area contributed by atoms with Gasteiger partial charge in [0.15, 0.2) is 5.76 Å². The van der Waals surface area contributed by atoms with E-state index >= 15 is 0 Å². The lowest BCUT2D eigenvalue weighted by Crippen LogP contribution is -1.99. The largest absolute Gasteiger partial charge is 0.497 e. The van der Waals surface area contributed by atoms with Crippen molar-refractivity contribution in [2.75, 3.05) is 17.7 Å². The Hall–Kier alpha value is -3.87. The van der Waals surface area contributed by atoms with Gasteiger partial charge in [0.05, 0.1) is 13.3 Å². The van der Waals surface area contributed by atoms with Gasteiger partial charge >= 0.3 is 0 Å². The van der Waals surface area contributed by atoms with Crippen molar-refractivity contribution in [2.24, 2.45) is 0 Å². The van der Waals surface area contributed by atoms with Crippen LogP contribution in [-0.4, -0.2) is 22.1 Å². The van der Waals surface area contributed by atoms with Crippen molar-refractivity contribution in [3.8, 4) is 17.2 Å². The van der Waals surface area contributed by atoms with Crippen molar-refractivity contribution >= 4 is 17.7 Å². The lowest BCUT2D eigenvalue weighted by Gasteiger charge is -2.06. The molecule has 0 aliphatic carbocycles. The Bertz CT molecular complexity index is 1090. The Morgan fingerprint density at radius 3 is 2.66 bits per heavy atom. The molecule has 0 radical (unpaired) electrons. The predicted molar refractivity (Wildman–Crippen MR) is 112 cm³/mol. The fraction of sp³-hybridized carbons (Fsp3) is 0.136. The lowest BCUT2D eigenvalue weighted by atomic mass is 10.2. The zero-order chi connectivity index (χ0) is 20.1. The van der Waals surface area contributed by atoms with Gasteiger partial charge in [-0.3, -0.25) is 0 Å². The third-order valence-electron chi connectivity index (χ3n) is 4.28. The second-order valence-electron chi connectivity index (χ2n) is 6.48. The van der Waals surface area contributed by atoms with Crippen molar-refractivity contribution in [2.45, 2.75) is 13.5 Å². The molecule has 0 amide bonds. The monoisotopic (exact) mass is 387 g/mol. The molecular weight excluding hydrogens is 366 g/mol. The van der Waals surface area contributed by atoms with Crippen LogP contribution in [0.2, 0.25) is 0 Å². The normalized spacial score (nSPS) is 10.6. The van der Waals surface area contributed by atoms with Crippen LogP contribution in [0.5, 0.6) is 5.75 Å². The topological polar surface area (TPSA) is 85.1 Å². The molecule has 7 heteroatoms. The number of oxazole rings is 1. The molecule has 7 nitrogen and oxygen atoms in total. The van der Waals surface area contributed by atoms with Gasteiger partial charge in [-0.05, 0) is 54.4 Å². The fourth-order valence-electron chi connectivity index (χ4n) is 2.77. The molecular formula is C22H21N5O2. The number of nitrogens with one attached hydrogen (secondary N) is 2. The first-order valence-corrected chi connectivity index (χ1v) is 9.19. The zero-order valence-electron chi connectivity index (χ0n) is 16.2. The molecule has 3 heterocycles. The van der Waals surface area contributed by atoms with E-state index in [9.17, 15) is 0 Å². The minimum Gasteiger partial charge on any atom is -0.497 e. The smallest absolute Gasteiger partial charge is 0.295 e. The van der Waals surface area contributed by atoms with Crippen molar-refractivity contribution < 1.29 is 9.15 Å². The number of pyridine rings is 2. The Morgan fingerprint density at radius 1 is 1.00 bits per heavy atom. The molecule has 0 fully saturated rings. The summed E-state index contributed by atoms with van der Waals surface area (Å²) in [6.07, 6.45) is 3.42. The minimum absolute atomic E-state index is 0.441. The highest BCUT2D eigenvalue weighted by molar-refractivity contribution is 5.59. The van der Waals surface area contributed by atoms with Crippen LogP contribution in [0.15, 0.2) is 71.4 Å². The highest BCUT2D eigenvalue weighted by Gasteiger charge is 2.09. The summed E-state index contributed by atoms with van der Waals surface area (Å²) in [6.45, 7) is 2.61. The minimum atomic E-state index is 0.441. The molecule has 0 saturated heterocycles. The first-order valence-electron chi connectivity index (χ1n) is 9.19. The van der Waals surface area contributed by atoms with Crippen LogP contribution in [-0.2, 0) is 6.54 Å². The molecule has 0 unspecified atom stereocenters. The van der Waals surface area contributed by atoms with Gasteiger partial charge in [0.1, 0.15) is 23.1 Å². The Kier molecular flexibility index (Phi) is 5.38. The highest BCUT2D eigenvalue weighted by Crippen LogP contribution is 2.23. The standard InChI is InChI=1S/C22H21N5O2/c1-15-10-11-23-21(12-15)27-20-5-3-4-18(26-20)19-14-25-22(29-19)24-13-16-6-8-17(28-2)9-7-16/h3-12,14H,13H2,1-2H3,(H,24,25)(H,23,26,27). The summed E-state index contributed by atoms with van der Waals surface area (Å²) in [5, 5.41) is 6.38. The average molecular weight is 387 g/mol. The van der Waals surface area contributed by atoms with E-state index in [1.807, 2.05) is 61.5 Å². The van der Waals surface area contributed by atoms with Gasteiger partial charge in [0, 0.05) is 12.7 Å². The van der Waals surface area contributed by atoms with Crippen LogP contribution < -0.4 is 15.4 Å². The summed E-state index contributed by atoms with van der Waals surface area (Å²) in [5.41, 5.74) is 2.91. The molecule has 146 valence electrons. The summed E-state index contributed by atoms with van der Waals surface area (Å²) < 4.78 is 11.0. The molecule has 29 heavy (non-hydrogen) atoms. The second kappa shape index (κ2) is 8.43. The lowest BCUT2D eigenvalue weighted by molar-refractivity contribution is 0.414. The third-order valence-corrected chi connectivity index (χ3v) is 4.28. The maximum absolute atomic E-state index is 5.81. The van der Waals surface area contributed by atoms with Crippen molar-refractivity contribution in [3.63, 3.8) is 0 Å². The molecule has 2 N–H and O–H groups in total. The Morgan fingerprint density at radius 2 is 1.86 bits per heavy atom. The van der Waals surface area contributed by atoms with E-state index in [0.29, 0.717) is 29.8 Å². The van der Waals surface area contributed by atoms with Crippen molar-refractivity contribution in [1.82, 2.24) is 15.0 Å². The summed E-state index contributed by atoms with van der Waals surface area (Å²) in [6, 6.07) is 17.8. The van der Waals surface area contributed by atoms with Gasteiger partial charge in [-0.2, -0.15) is 0 Å². The summed E-state index contributed by atoms with van der Waals surface area (Å²) in [7, 11) is 1.65. The molecule has 0 spiro atoms. The van der Waals surface area contributed by atoms with E-state index in [1.54, 1.807) is 19.5 Å². The molecule has 3 aromatic heterocycles. The molecule has 0 saturated carbocycles. The molecule has 4 rings (SSSR count). The van der Waals surface area contributed by atoms with Crippen LogP contribution >= 0.6 is 0 Å². The van der Waals surface area contributed by atoms with Gasteiger partial charge in [0.25, 0.3) is 6.01 Å². The number of hydrogen-bond donors (Lipinski definition) is 2. The zero-order valence-corrected chi connectivity index (χ0v) is 16.2. The number of aromatic nitrogens is 3. The molecule has 0 aliphatic rings. The number of aryl methyl sites for hydroxylation is 1. The van der Waals surface area contributed by atoms with Gasteiger partial charge in [-0.25, -0.2) is 15.0 Å². The number of ether oxygens (including phenoxy) is 1. The first kappa shape index (κ1) is 18.5. The fourth-order valence-corrected chi connectivity index (χ4v) is 2.77. The highest BCUT2D eigenvalue weighted by atomic mass is 16.5. The Balaban J connectivity index is 1.43. The summed E-state index contributed by atoms with van der Waals surface area (Å²) in [5.74, 6) is 2.84. The van der Waals surface area contributed by atoms with E-state index in [2.05, 4.69) is 25.6 Å². The van der Waals surface area contributed by atoms with Gasteiger partial charge in [-0.1, -0.05) is 18.2 Å². The van der Waals surface area contributed by atoms with E-state index < -0.39 is 0 Å². The molecule has 0 bridgehead atoms. The third kappa shape index (κ3) is 4.70. The van der Waals surface area contributed by atoms with Crippen LogP contribution in [0.3, 0.4) is 0 Å². The van der Waals surface area contributed by atoms with Gasteiger partial charge in [-0.15, -0.1) is 0 Å². The van der Waals surface area contributed by atoms with E-state index in [4.69, 9.17) is 9.15 Å². The quantitative estimate of drug-likeness (QED) is 0.471. The van der Waals surface area contributed by atoms with Crippen molar-refractivity contribution in [1.29, 1.82) is 0 Å².